The number of anilines is 1. The van der Waals surface area contributed by atoms with Crippen molar-refractivity contribution >= 4 is 27.5 Å². The van der Waals surface area contributed by atoms with Crippen molar-refractivity contribution in [2.75, 3.05) is 5.73 Å². The van der Waals surface area contributed by atoms with Crippen molar-refractivity contribution in [3.8, 4) is 5.69 Å². The minimum Gasteiger partial charge on any atom is -0.475 e. The lowest BCUT2D eigenvalue weighted by molar-refractivity contribution is -0.384. The summed E-state index contributed by atoms with van der Waals surface area (Å²) < 4.78 is 55.4. The summed E-state index contributed by atoms with van der Waals surface area (Å²) in [5.74, 6) is -2.55. The average Bonchev–Trinajstić information content (AvgIpc) is 2.83. The van der Waals surface area contributed by atoms with Crippen molar-refractivity contribution in [1.82, 2.24) is 9.78 Å². The van der Waals surface area contributed by atoms with Crippen LogP contribution in [-0.4, -0.2) is 40.4 Å². The van der Waals surface area contributed by atoms with Crippen molar-refractivity contribution in [2.24, 2.45) is 5.14 Å². The number of alkyl halides is 3. The number of nitrogens with two attached hydrogens (primary N) is 2. The van der Waals surface area contributed by atoms with Gasteiger partial charge in [0.25, 0.3) is 5.69 Å². The number of nitro benzene ring substituents is 1. The van der Waals surface area contributed by atoms with E-state index in [1.165, 1.54) is 16.8 Å². The number of rotatable bonds is 3. The first-order valence-corrected chi connectivity index (χ1v) is 8.13. The monoisotopic (exact) mass is 411 g/mol. The van der Waals surface area contributed by atoms with E-state index in [9.17, 15) is 31.7 Å². The third kappa shape index (κ3) is 5.65. The van der Waals surface area contributed by atoms with E-state index in [1.54, 1.807) is 6.92 Å². The Morgan fingerprint density at radius 3 is 2.19 bits per heavy atom. The molecule has 11 nitrogen and oxygen atoms in total. The summed E-state index contributed by atoms with van der Waals surface area (Å²) in [6.07, 6.45) is -5.08. The number of primary sulfonamides is 1. The van der Waals surface area contributed by atoms with Gasteiger partial charge in [-0.05, 0) is 19.1 Å². The molecule has 0 bridgehead atoms. The maximum absolute atomic E-state index is 11.2. The summed E-state index contributed by atoms with van der Waals surface area (Å²) in [5.41, 5.74) is 5.89. The molecule has 0 spiro atoms. The van der Waals surface area contributed by atoms with Crippen LogP contribution < -0.4 is 10.9 Å². The Balaban J connectivity index is 0.000000445. The number of halogens is 3. The highest BCUT2D eigenvalue weighted by atomic mass is 32.2. The fraction of sp³-hybridized carbons (Fsp3) is 0.167. The number of nitro groups is 1. The first kappa shape index (κ1) is 21.8. The van der Waals surface area contributed by atoms with Crippen LogP contribution in [-0.2, 0) is 14.8 Å². The van der Waals surface area contributed by atoms with Gasteiger partial charge in [-0.25, -0.2) is 23.0 Å². The van der Waals surface area contributed by atoms with E-state index in [-0.39, 0.29) is 16.4 Å². The maximum atomic E-state index is 11.2. The average molecular weight is 411 g/mol. The SMILES string of the molecule is Cc1cc(N)n(-c2ccc(S(N)(=O)=O)cc2[N+](=O)[O-])n1.O=C(O)C(F)(F)F. The lowest BCUT2D eigenvalue weighted by atomic mass is 10.2. The Kier molecular flexibility index (Phi) is 6.13. The molecule has 0 saturated carbocycles. The highest BCUT2D eigenvalue weighted by Gasteiger charge is 2.38. The van der Waals surface area contributed by atoms with Crippen molar-refractivity contribution in [3.05, 3.63) is 40.1 Å². The predicted octanol–water partition coefficient (Wildman–Crippen LogP) is 0.952. The van der Waals surface area contributed by atoms with Gasteiger partial charge < -0.3 is 10.8 Å². The molecule has 1 aromatic heterocycles. The fourth-order valence-electron chi connectivity index (χ4n) is 1.72. The zero-order chi connectivity index (χ0) is 21.2. The van der Waals surface area contributed by atoms with E-state index in [2.05, 4.69) is 5.10 Å². The molecule has 5 N–H and O–H groups in total. The van der Waals surface area contributed by atoms with E-state index in [1.807, 2.05) is 0 Å². The van der Waals surface area contributed by atoms with Gasteiger partial charge >= 0.3 is 12.1 Å². The zero-order valence-electron chi connectivity index (χ0n) is 13.3. The van der Waals surface area contributed by atoms with Crippen LogP contribution in [0.2, 0.25) is 0 Å². The lowest BCUT2D eigenvalue weighted by Crippen LogP contribution is -2.21. The van der Waals surface area contributed by atoms with Crippen molar-refractivity contribution in [2.45, 2.75) is 18.0 Å². The second-order valence-electron chi connectivity index (χ2n) is 4.88. The fourth-order valence-corrected chi connectivity index (χ4v) is 2.25. The number of aliphatic carboxylic acids is 1. The summed E-state index contributed by atoms with van der Waals surface area (Å²) in [4.78, 5) is 18.9. The number of carbonyl (C=O) groups is 1. The maximum Gasteiger partial charge on any atom is 0.490 e. The molecule has 0 atom stereocenters. The predicted molar refractivity (Wildman–Crippen MR) is 84.4 cm³/mol. The minimum atomic E-state index is -5.08. The topological polar surface area (TPSA) is 184 Å². The molecule has 0 unspecified atom stereocenters. The quantitative estimate of drug-likeness (QED) is 0.492. The zero-order valence-corrected chi connectivity index (χ0v) is 14.2. The largest absolute Gasteiger partial charge is 0.490 e. The first-order chi connectivity index (χ1) is 12.1. The summed E-state index contributed by atoms with van der Waals surface area (Å²) in [5, 5.41) is 27.2. The van der Waals surface area contributed by atoms with Gasteiger partial charge in [0.05, 0.1) is 15.5 Å². The molecule has 2 aromatic rings. The molecular formula is C12H12F3N5O6S. The van der Waals surface area contributed by atoms with Gasteiger partial charge in [0.15, 0.2) is 0 Å². The molecule has 0 aliphatic carbocycles. The smallest absolute Gasteiger partial charge is 0.475 e. The molecule has 0 fully saturated rings. The third-order valence-electron chi connectivity index (χ3n) is 2.80. The van der Waals surface area contributed by atoms with Gasteiger partial charge in [-0.3, -0.25) is 10.1 Å². The number of aromatic nitrogens is 2. The molecule has 27 heavy (non-hydrogen) atoms. The Morgan fingerprint density at radius 1 is 1.33 bits per heavy atom. The van der Waals surface area contributed by atoms with Gasteiger partial charge in [-0.2, -0.15) is 18.3 Å². The normalized spacial score (nSPS) is 11.4. The molecular weight excluding hydrogens is 399 g/mol. The van der Waals surface area contributed by atoms with Crippen LogP contribution >= 0.6 is 0 Å². The molecule has 2 rings (SSSR count). The number of aryl methyl sites for hydroxylation is 1. The summed E-state index contributed by atoms with van der Waals surface area (Å²) in [6, 6.07) is 4.81. The number of carboxylic acid groups (broad SMARTS) is 1. The number of carboxylic acids is 1. The van der Waals surface area contributed by atoms with Crippen LogP contribution in [0.15, 0.2) is 29.2 Å². The number of nitrogen functional groups attached to an aromatic ring is 1. The molecule has 0 amide bonds. The van der Waals surface area contributed by atoms with Crippen LogP contribution in [0.25, 0.3) is 5.69 Å². The lowest BCUT2D eigenvalue weighted by Gasteiger charge is -2.06. The Labute approximate surface area is 149 Å². The molecule has 0 radical (unpaired) electrons. The Bertz CT molecular complexity index is 986. The Morgan fingerprint density at radius 2 is 1.85 bits per heavy atom. The van der Waals surface area contributed by atoms with E-state index in [4.69, 9.17) is 20.8 Å². The highest BCUT2D eigenvalue weighted by molar-refractivity contribution is 7.89. The van der Waals surface area contributed by atoms with E-state index < -0.39 is 32.8 Å². The summed E-state index contributed by atoms with van der Waals surface area (Å²) in [6.45, 7) is 1.68. The van der Waals surface area contributed by atoms with Crippen LogP contribution in [0.1, 0.15) is 5.69 Å². The molecule has 0 saturated heterocycles. The Hall–Kier alpha value is -3.20. The van der Waals surface area contributed by atoms with Crippen molar-refractivity contribution in [3.63, 3.8) is 0 Å². The van der Waals surface area contributed by atoms with Gasteiger partial charge in [0, 0.05) is 12.1 Å². The molecule has 0 aliphatic rings. The molecule has 1 aromatic carbocycles. The molecule has 148 valence electrons. The standard InChI is InChI=1S/C10H11N5O4S.C2HF3O2/c1-6-4-10(11)14(13-6)8-3-2-7(20(12,18)19)5-9(8)15(16)17;3-2(4,5)1(6)7/h2-5H,11H2,1H3,(H2,12,18,19);(H,6,7). The van der Waals surface area contributed by atoms with E-state index >= 15 is 0 Å². The first-order valence-electron chi connectivity index (χ1n) is 6.58. The van der Waals surface area contributed by atoms with Crippen LogP contribution in [0.5, 0.6) is 0 Å². The number of hydrogen-bond donors (Lipinski definition) is 3. The van der Waals surface area contributed by atoms with E-state index in [0.717, 1.165) is 12.1 Å². The minimum absolute atomic E-state index is 0.0630. The van der Waals surface area contributed by atoms with Gasteiger partial charge in [0.2, 0.25) is 10.0 Å². The number of nitrogens with zero attached hydrogens (tertiary/aromatic N) is 3. The van der Waals surface area contributed by atoms with Crippen molar-refractivity contribution in [1.29, 1.82) is 0 Å². The third-order valence-corrected chi connectivity index (χ3v) is 3.71. The molecule has 1 heterocycles. The summed E-state index contributed by atoms with van der Waals surface area (Å²) in [7, 11) is -4.03. The number of benzene rings is 1. The molecule has 0 aliphatic heterocycles. The van der Waals surface area contributed by atoms with Gasteiger partial charge in [0.1, 0.15) is 11.5 Å². The highest BCUT2D eigenvalue weighted by Crippen LogP contribution is 2.27. The van der Waals surface area contributed by atoms with Gasteiger partial charge in [-0.15, -0.1) is 0 Å². The summed E-state index contributed by atoms with van der Waals surface area (Å²) >= 11 is 0. The van der Waals surface area contributed by atoms with E-state index in [0.29, 0.717) is 5.69 Å². The number of hydrogen-bond acceptors (Lipinski definition) is 7. The van der Waals surface area contributed by atoms with Crippen LogP contribution in [0.3, 0.4) is 0 Å². The van der Waals surface area contributed by atoms with Crippen molar-refractivity contribution < 1.29 is 36.4 Å². The van der Waals surface area contributed by atoms with Crippen LogP contribution in [0.4, 0.5) is 24.7 Å². The second-order valence-corrected chi connectivity index (χ2v) is 6.44. The van der Waals surface area contributed by atoms with Gasteiger partial charge in [-0.1, -0.05) is 0 Å². The molecule has 15 heteroatoms. The number of sulfonamides is 1. The second kappa shape index (κ2) is 7.58. The van der Waals surface area contributed by atoms with Crippen LogP contribution in [0, 0.1) is 17.0 Å².